The average Bonchev–Trinajstić information content (AvgIpc) is 3.07. The minimum atomic E-state index is -0.128. The molecule has 0 aliphatic rings. The summed E-state index contributed by atoms with van der Waals surface area (Å²) in [7, 11) is 0. The van der Waals surface area contributed by atoms with Crippen LogP contribution in [0, 0.1) is 0 Å². The van der Waals surface area contributed by atoms with Crippen molar-refractivity contribution in [3.05, 3.63) is 48.2 Å². The Hall–Kier alpha value is -2.56. The molecule has 24 heavy (non-hydrogen) atoms. The summed E-state index contributed by atoms with van der Waals surface area (Å²) in [5.41, 5.74) is 1.02. The molecule has 0 bridgehead atoms. The zero-order chi connectivity index (χ0) is 17.4. The first-order chi connectivity index (χ1) is 11.6. The number of carbonyl (C=O) groups is 2. The zero-order valence-electron chi connectivity index (χ0n) is 14.2. The first-order valence-electron chi connectivity index (χ1n) is 8.32. The van der Waals surface area contributed by atoms with E-state index in [1.807, 2.05) is 56.3 Å². The number of rotatable bonds is 8. The number of aryl methyl sites for hydroxylation is 1. The third kappa shape index (κ3) is 4.98. The number of amides is 2. The molecule has 0 saturated heterocycles. The zero-order valence-corrected chi connectivity index (χ0v) is 14.2. The summed E-state index contributed by atoms with van der Waals surface area (Å²) in [6.45, 7) is 4.92. The molecule has 0 aliphatic carbocycles. The maximum Gasteiger partial charge on any atom is 0.239 e. The van der Waals surface area contributed by atoms with E-state index in [0.29, 0.717) is 25.9 Å². The van der Waals surface area contributed by atoms with Crippen LogP contribution in [0.5, 0.6) is 0 Å². The van der Waals surface area contributed by atoms with E-state index in [1.165, 1.54) is 0 Å². The lowest BCUT2D eigenvalue weighted by atomic mass is 10.2. The summed E-state index contributed by atoms with van der Waals surface area (Å²) >= 11 is 0. The largest absolute Gasteiger partial charge is 0.461 e. The van der Waals surface area contributed by atoms with E-state index in [2.05, 4.69) is 5.32 Å². The number of likely N-dealkylation sites (N-methyl/N-ethyl adjacent to an activating group) is 2. The Morgan fingerprint density at radius 2 is 1.83 bits per heavy atom. The van der Waals surface area contributed by atoms with E-state index in [0.717, 1.165) is 17.1 Å². The fraction of sp³-hybridized carbons (Fsp3) is 0.368. The number of nitrogens with zero attached hydrogens (tertiary/aromatic N) is 1. The molecule has 1 N–H and O–H groups in total. The maximum atomic E-state index is 12.3. The molecule has 1 heterocycles. The normalized spacial score (nSPS) is 10.4. The number of benzene rings is 1. The van der Waals surface area contributed by atoms with Crippen molar-refractivity contribution in [3.8, 4) is 11.3 Å². The van der Waals surface area contributed by atoms with Crippen LogP contribution in [0.25, 0.3) is 11.3 Å². The van der Waals surface area contributed by atoms with Crippen LogP contribution in [0.15, 0.2) is 46.9 Å². The number of hydrogen-bond donors (Lipinski definition) is 1. The van der Waals surface area contributed by atoms with Gasteiger partial charge in [0.05, 0.1) is 6.54 Å². The van der Waals surface area contributed by atoms with Gasteiger partial charge in [-0.1, -0.05) is 30.3 Å². The van der Waals surface area contributed by atoms with Gasteiger partial charge in [-0.05, 0) is 26.0 Å². The Labute approximate surface area is 142 Å². The Kier molecular flexibility index (Phi) is 6.61. The second kappa shape index (κ2) is 8.91. The lowest BCUT2D eigenvalue weighted by Crippen LogP contribution is -2.40. The highest BCUT2D eigenvalue weighted by Crippen LogP contribution is 2.22. The summed E-state index contributed by atoms with van der Waals surface area (Å²) in [5.74, 6) is 1.41. The Balaban J connectivity index is 1.89. The van der Waals surface area contributed by atoms with Gasteiger partial charge in [0.2, 0.25) is 11.8 Å². The van der Waals surface area contributed by atoms with E-state index in [1.54, 1.807) is 4.90 Å². The van der Waals surface area contributed by atoms with E-state index in [4.69, 9.17) is 4.42 Å². The van der Waals surface area contributed by atoms with E-state index in [-0.39, 0.29) is 18.4 Å². The fourth-order valence-electron chi connectivity index (χ4n) is 2.46. The molecule has 0 unspecified atom stereocenters. The Bertz CT molecular complexity index is 664. The van der Waals surface area contributed by atoms with Crippen LogP contribution in [0.1, 0.15) is 26.0 Å². The van der Waals surface area contributed by atoms with Gasteiger partial charge >= 0.3 is 0 Å². The molecular formula is C19H24N2O3. The highest BCUT2D eigenvalue weighted by molar-refractivity contribution is 5.84. The molecule has 0 radical (unpaired) electrons. The van der Waals surface area contributed by atoms with Gasteiger partial charge in [-0.3, -0.25) is 9.59 Å². The molecule has 2 amide bonds. The summed E-state index contributed by atoms with van der Waals surface area (Å²) in [6, 6.07) is 13.7. The molecular weight excluding hydrogens is 304 g/mol. The molecule has 5 heteroatoms. The van der Waals surface area contributed by atoms with Gasteiger partial charge < -0.3 is 14.6 Å². The number of furan rings is 1. The smallest absolute Gasteiger partial charge is 0.239 e. The van der Waals surface area contributed by atoms with Crippen LogP contribution in [0.4, 0.5) is 0 Å². The third-order valence-electron chi connectivity index (χ3n) is 3.75. The first kappa shape index (κ1) is 17.8. The molecule has 2 rings (SSSR count). The predicted molar refractivity (Wildman–Crippen MR) is 93.4 cm³/mol. The van der Waals surface area contributed by atoms with E-state index in [9.17, 15) is 9.59 Å². The van der Waals surface area contributed by atoms with Gasteiger partial charge in [0, 0.05) is 31.5 Å². The minimum Gasteiger partial charge on any atom is -0.461 e. The van der Waals surface area contributed by atoms with E-state index < -0.39 is 0 Å². The first-order valence-corrected chi connectivity index (χ1v) is 8.32. The van der Waals surface area contributed by atoms with Crippen LogP contribution >= 0.6 is 0 Å². The van der Waals surface area contributed by atoms with Gasteiger partial charge in [0.1, 0.15) is 11.5 Å². The highest BCUT2D eigenvalue weighted by Gasteiger charge is 2.16. The van der Waals surface area contributed by atoms with Crippen molar-refractivity contribution >= 4 is 11.8 Å². The number of nitrogens with one attached hydrogen (secondary N) is 1. The maximum absolute atomic E-state index is 12.3. The topological polar surface area (TPSA) is 62.6 Å². The van der Waals surface area contributed by atoms with Crippen LogP contribution in [-0.4, -0.2) is 36.3 Å². The second-order valence-electron chi connectivity index (χ2n) is 5.49. The summed E-state index contributed by atoms with van der Waals surface area (Å²) in [6.07, 6.45) is 0.854. The summed E-state index contributed by atoms with van der Waals surface area (Å²) in [4.78, 5) is 25.5. The number of hydrogen-bond acceptors (Lipinski definition) is 3. The van der Waals surface area contributed by atoms with Crippen molar-refractivity contribution in [1.29, 1.82) is 0 Å². The molecule has 0 aliphatic heterocycles. The van der Waals surface area contributed by atoms with Crippen molar-refractivity contribution in [3.63, 3.8) is 0 Å². The Morgan fingerprint density at radius 1 is 1.08 bits per heavy atom. The highest BCUT2D eigenvalue weighted by atomic mass is 16.3. The van der Waals surface area contributed by atoms with E-state index >= 15 is 0 Å². The minimum absolute atomic E-state index is 0.0404. The lowest BCUT2D eigenvalue weighted by Gasteiger charge is -2.19. The Morgan fingerprint density at radius 3 is 2.50 bits per heavy atom. The fourth-order valence-corrected chi connectivity index (χ4v) is 2.46. The molecule has 128 valence electrons. The summed E-state index contributed by atoms with van der Waals surface area (Å²) < 4.78 is 5.80. The lowest BCUT2D eigenvalue weighted by molar-refractivity contribution is -0.135. The van der Waals surface area contributed by atoms with Gasteiger partial charge in [0.25, 0.3) is 0 Å². The van der Waals surface area contributed by atoms with Crippen molar-refractivity contribution in [2.75, 3.05) is 19.6 Å². The monoisotopic (exact) mass is 328 g/mol. The molecule has 0 spiro atoms. The average molecular weight is 328 g/mol. The molecule has 0 atom stereocenters. The van der Waals surface area contributed by atoms with Crippen LogP contribution in [0.3, 0.4) is 0 Å². The standard InChI is InChI=1S/C19H24N2O3/c1-3-20-18(22)14-21(4-2)19(23)13-11-16-10-12-17(24-16)15-8-6-5-7-9-15/h5-10,12H,3-4,11,13-14H2,1-2H3,(H,20,22). The molecule has 5 nitrogen and oxygen atoms in total. The van der Waals surface area contributed by atoms with Crippen molar-refractivity contribution < 1.29 is 14.0 Å². The van der Waals surface area contributed by atoms with Crippen molar-refractivity contribution in [2.24, 2.45) is 0 Å². The van der Waals surface area contributed by atoms with Crippen LogP contribution < -0.4 is 5.32 Å². The third-order valence-corrected chi connectivity index (χ3v) is 3.75. The SMILES string of the molecule is CCNC(=O)CN(CC)C(=O)CCc1ccc(-c2ccccc2)o1. The molecule has 0 saturated carbocycles. The molecule has 1 aromatic carbocycles. The van der Waals surface area contributed by atoms with Crippen molar-refractivity contribution in [1.82, 2.24) is 10.2 Å². The van der Waals surface area contributed by atoms with Crippen molar-refractivity contribution in [2.45, 2.75) is 26.7 Å². The van der Waals surface area contributed by atoms with Gasteiger partial charge in [0.15, 0.2) is 0 Å². The van der Waals surface area contributed by atoms with Gasteiger partial charge in [-0.2, -0.15) is 0 Å². The molecule has 1 aromatic heterocycles. The van der Waals surface area contributed by atoms with Crippen LogP contribution in [-0.2, 0) is 16.0 Å². The number of carbonyl (C=O) groups excluding carboxylic acids is 2. The van der Waals surface area contributed by atoms with Crippen LogP contribution in [0.2, 0.25) is 0 Å². The second-order valence-corrected chi connectivity index (χ2v) is 5.49. The predicted octanol–water partition coefficient (Wildman–Crippen LogP) is 2.86. The van der Waals surface area contributed by atoms with Gasteiger partial charge in [-0.15, -0.1) is 0 Å². The van der Waals surface area contributed by atoms with Gasteiger partial charge in [-0.25, -0.2) is 0 Å². The molecule has 2 aromatic rings. The quantitative estimate of drug-likeness (QED) is 0.810. The molecule has 0 fully saturated rings. The summed E-state index contributed by atoms with van der Waals surface area (Å²) in [5, 5.41) is 2.71.